The van der Waals surface area contributed by atoms with Crippen molar-refractivity contribution in [2.75, 3.05) is 26.2 Å². The van der Waals surface area contributed by atoms with Crippen molar-refractivity contribution < 1.29 is 18.0 Å². The van der Waals surface area contributed by atoms with Crippen LogP contribution >= 0.6 is 11.6 Å². The molecular weight excluding hydrogens is 491 g/mol. The zero-order valence-electron chi connectivity index (χ0n) is 19.5. The van der Waals surface area contributed by atoms with Gasteiger partial charge in [0.1, 0.15) is 0 Å². The first-order chi connectivity index (χ1) is 17.2. The number of carbonyl (C=O) groups excluding carboxylic acids is 1. The standard InChI is InChI=1S/C26H23ClF3N5O/c1-17-2-4-18(5-3-17)16-33-10-12-34(13-11-33)25(36)22-15-24-31-21(19-6-8-20(27)9-7-19)14-23(26(28,29)30)35(24)32-22/h2-9,14-15H,10-13,16H2,1H3. The van der Waals surface area contributed by atoms with Gasteiger partial charge in [-0.25, -0.2) is 9.50 Å². The minimum absolute atomic E-state index is 0.0452. The largest absolute Gasteiger partial charge is 0.433 e. The molecule has 0 atom stereocenters. The van der Waals surface area contributed by atoms with E-state index in [2.05, 4.69) is 39.2 Å². The van der Waals surface area contributed by atoms with E-state index in [-0.39, 0.29) is 17.0 Å². The first kappa shape index (κ1) is 24.3. The van der Waals surface area contributed by atoms with Gasteiger partial charge in [-0.3, -0.25) is 9.69 Å². The van der Waals surface area contributed by atoms with E-state index in [0.717, 1.165) is 12.6 Å². The SMILES string of the molecule is Cc1ccc(CN2CCN(C(=O)c3cc4nc(-c5ccc(Cl)cc5)cc(C(F)(F)F)n4n3)CC2)cc1. The third kappa shape index (κ3) is 5.08. The highest BCUT2D eigenvalue weighted by Crippen LogP contribution is 2.32. The molecule has 2 aromatic carbocycles. The Balaban J connectivity index is 1.36. The number of aryl methyl sites for hydroxylation is 1. The minimum atomic E-state index is -4.68. The summed E-state index contributed by atoms with van der Waals surface area (Å²) in [6.07, 6.45) is -4.68. The van der Waals surface area contributed by atoms with Crippen LogP contribution in [0, 0.1) is 6.92 Å². The molecule has 0 saturated carbocycles. The minimum Gasteiger partial charge on any atom is -0.335 e. The van der Waals surface area contributed by atoms with Crippen LogP contribution in [0.25, 0.3) is 16.9 Å². The molecule has 0 N–H and O–H groups in total. The number of amides is 1. The summed E-state index contributed by atoms with van der Waals surface area (Å²) in [5.41, 5.74) is 1.89. The van der Waals surface area contributed by atoms with Crippen LogP contribution < -0.4 is 0 Å². The summed E-state index contributed by atoms with van der Waals surface area (Å²) in [7, 11) is 0. The van der Waals surface area contributed by atoms with Crippen LogP contribution in [-0.4, -0.2) is 56.5 Å². The summed E-state index contributed by atoms with van der Waals surface area (Å²) < 4.78 is 42.3. The van der Waals surface area contributed by atoms with E-state index in [1.807, 2.05) is 6.92 Å². The molecule has 10 heteroatoms. The van der Waals surface area contributed by atoms with Crippen molar-refractivity contribution in [2.45, 2.75) is 19.6 Å². The van der Waals surface area contributed by atoms with Crippen molar-refractivity contribution in [3.05, 3.63) is 88.2 Å². The summed E-state index contributed by atoms with van der Waals surface area (Å²) in [5, 5.41) is 4.47. The van der Waals surface area contributed by atoms with E-state index in [9.17, 15) is 18.0 Å². The third-order valence-corrected chi connectivity index (χ3v) is 6.51. The van der Waals surface area contributed by atoms with Crippen LogP contribution in [0.3, 0.4) is 0 Å². The smallest absolute Gasteiger partial charge is 0.335 e. The highest BCUT2D eigenvalue weighted by atomic mass is 35.5. The second-order valence-electron chi connectivity index (χ2n) is 8.88. The first-order valence-corrected chi connectivity index (χ1v) is 11.9. The predicted octanol–water partition coefficient (Wildman–Crippen LogP) is 5.33. The normalized spacial score (nSPS) is 15.0. The molecule has 0 bridgehead atoms. The van der Waals surface area contributed by atoms with Gasteiger partial charge in [0.05, 0.1) is 5.69 Å². The maximum absolute atomic E-state index is 13.9. The number of benzene rings is 2. The maximum Gasteiger partial charge on any atom is 0.433 e. The number of hydrogen-bond donors (Lipinski definition) is 0. The molecule has 3 heterocycles. The summed E-state index contributed by atoms with van der Waals surface area (Å²) >= 11 is 5.91. The van der Waals surface area contributed by atoms with Gasteiger partial charge in [-0.15, -0.1) is 0 Å². The molecule has 4 aromatic rings. The monoisotopic (exact) mass is 513 g/mol. The number of rotatable bonds is 4. The molecule has 6 nitrogen and oxygen atoms in total. The second-order valence-corrected chi connectivity index (χ2v) is 9.32. The van der Waals surface area contributed by atoms with Gasteiger partial charge >= 0.3 is 6.18 Å². The van der Waals surface area contributed by atoms with Gasteiger partial charge in [-0.2, -0.15) is 18.3 Å². The fraction of sp³-hybridized carbons (Fsp3) is 0.269. The quantitative estimate of drug-likeness (QED) is 0.370. The molecule has 2 aromatic heterocycles. The van der Waals surface area contributed by atoms with Gasteiger partial charge in [-0.05, 0) is 30.7 Å². The lowest BCUT2D eigenvalue weighted by atomic mass is 10.1. The van der Waals surface area contributed by atoms with Crippen molar-refractivity contribution in [1.82, 2.24) is 24.4 Å². The lowest BCUT2D eigenvalue weighted by Crippen LogP contribution is -2.48. The number of aromatic nitrogens is 3. The van der Waals surface area contributed by atoms with E-state index in [4.69, 9.17) is 11.6 Å². The summed E-state index contributed by atoms with van der Waals surface area (Å²) in [6.45, 7) is 5.09. The maximum atomic E-state index is 13.9. The number of nitrogens with zero attached hydrogens (tertiary/aromatic N) is 5. The summed E-state index contributed by atoms with van der Waals surface area (Å²) in [6, 6.07) is 16.9. The van der Waals surface area contributed by atoms with Crippen molar-refractivity contribution in [3.63, 3.8) is 0 Å². The molecule has 0 radical (unpaired) electrons. The molecule has 0 spiro atoms. The Bertz CT molecular complexity index is 1390. The third-order valence-electron chi connectivity index (χ3n) is 6.26. The molecule has 5 rings (SSSR count). The Hall–Kier alpha value is -3.43. The average molecular weight is 514 g/mol. The van der Waals surface area contributed by atoms with Crippen molar-refractivity contribution in [1.29, 1.82) is 0 Å². The van der Waals surface area contributed by atoms with E-state index < -0.39 is 17.8 Å². The van der Waals surface area contributed by atoms with Crippen LogP contribution in [-0.2, 0) is 12.7 Å². The molecule has 0 aliphatic carbocycles. The molecular formula is C26H23ClF3N5O. The van der Waals surface area contributed by atoms with Gasteiger partial charge in [0.25, 0.3) is 5.91 Å². The van der Waals surface area contributed by atoms with Crippen molar-refractivity contribution >= 4 is 23.2 Å². The number of halogens is 4. The fourth-order valence-corrected chi connectivity index (χ4v) is 4.40. The molecule has 1 aliphatic heterocycles. The van der Waals surface area contributed by atoms with Crippen LogP contribution in [0.1, 0.15) is 27.3 Å². The fourth-order valence-electron chi connectivity index (χ4n) is 4.27. The van der Waals surface area contributed by atoms with Gasteiger partial charge in [0.2, 0.25) is 0 Å². The Labute approximate surface area is 210 Å². The molecule has 36 heavy (non-hydrogen) atoms. The van der Waals surface area contributed by atoms with E-state index in [0.29, 0.717) is 41.3 Å². The van der Waals surface area contributed by atoms with Gasteiger partial charge in [-0.1, -0.05) is 53.6 Å². The Morgan fingerprint density at radius 2 is 1.64 bits per heavy atom. The van der Waals surface area contributed by atoms with E-state index >= 15 is 0 Å². The summed E-state index contributed by atoms with van der Waals surface area (Å²) in [5.74, 6) is -0.406. The van der Waals surface area contributed by atoms with Crippen LogP contribution in [0.4, 0.5) is 13.2 Å². The highest BCUT2D eigenvalue weighted by Gasteiger charge is 2.36. The number of fused-ring (bicyclic) bond motifs is 1. The molecule has 1 fully saturated rings. The van der Waals surface area contributed by atoms with Crippen LogP contribution in [0.5, 0.6) is 0 Å². The zero-order valence-corrected chi connectivity index (χ0v) is 20.2. The number of piperazine rings is 1. The van der Waals surface area contributed by atoms with E-state index in [1.165, 1.54) is 17.2 Å². The Morgan fingerprint density at radius 3 is 2.28 bits per heavy atom. The molecule has 1 aliphatic rings. The van der Waals surface area contributed by atoms with Crippen molar-refractivity contribution in [2.24, 2.45) is 0 Å². The van der Waals surface area contributed by atoms with Crippen LogP contribution in [0.2, 0.25) is 5.02 Å². The molecule has 186 valence electrons. The molecule has 1 saturated heterocycles. The Kier molecular flexibility index (Phi) is 6.44. The van der Waals surface area contributed by atoms with Crippen LogP contribution in [0.15, 0.2) is 60.7 Å². The lowest BCUT2D eigenvalue weighted by Gasteiger charge is -2.34. The predicted molar refractivity (Wildman–Crippen MR) is 131 cm³/mol. The summed E-state index contributed by atoms with van der Waals surface area (Å²) in [4.78, 5) is 21.3. The van der Waals surface area contributed by atoms with Crippen molar-refractivity contribution in [3.8, 4) is 11.3 Å². The number of alkyl halides is 3. The topological polar surface area (TPSA) is 53.7 Å². The van der Waals surface area contributed by atoms with Gasteiger partial charge in [0.15, 0.2) is 17.0 Å². The zero-order chi connectivity index (χ0) is 25.4. The second kappa shape index (κ2) is 9.55. The molecule has 1 amide bonds. The van der Waals surface area contributed by atoms with Gasteiger partial charge < -0.3 is 4.90 Å². The lowest BCUT2D eigenvalue weighted by molar-refractivity contribution is -0.142. The molecule has 0 unspecified atom stereocenters. The number of carbonyl (C=O) groups is 1. The van der Waals surface area contributed by atoms with E-state index in [1.54, 1.807) is 29.2 Å². The Morgan fingerprint density at radius 1 is 0.972 bits per heavy atom. The van der Waals surface area contributed by atoms with Gasteiger partial charge in [0, 0.05) is 49.4 Å². The first-order valence-electron chi connectivity index (χ1n) is 11.5. The highest BCUT2D eigenvalue weighted by molar-refractivity contribution is 6.30. The average Bonchev–Trinajstić information content (AvgIpc) is 3.29. The number of hydrogen-bond acceptors (Lipinski definition) is 4.